The minimum atomic E-state index is 0.398. The Morgan fingerprint density at radius 1 is 1.24 bits per heavy atom. The molecule has 17 heavy (non-hydrogen) atoms. The van der Waals surface area contributed by atoms with E-state index >= 15 is 0 Å². The van der Waals surface area contributed by atoms with E-state index in [0.29, 0.717) is 11.9 Å². The Hall–Kier alpha value is -0.570. The van der Waals surface area contributed by atoms with Crippen molar-refractivity contribution in [2.24, 2.45) is 5.92 Å². The van der Waals surface area contributed by atoms with Gasteiger partial charge in [0.1, 0.15) is 0 Å². The van der Waals surface area contributed by atoms with Crippen molar-refractivity contribution in [3.63, 3.8) is 0 Å². The summed E-state index contributed by atoms with van der Waals surface area (Å²) in [7, 11) is 1.95. The van der Waals surface area contributed by atoms with E-state index in [2.05, 4.69) is 10.2 Å². The van der Waals surface area contributed by atoms with Crippen molar-refractivity contribution in [1.29, 1.82) is 0 Å². The molecular weight excluding hydrogens is 212 g/mol. The molecule has 1 N–H and O–H groups in total. The van der Waals surface area contributed by atoms with Gasteiger partial charge in [0.15, 0.2) is 0 Å². The van der Waals surface area contributed by atoms with E-state index in [1.165, 1.54) is 38.5 Å². The molecular formula is C14H26N2O. The highest BCUT2D eigenvalue weighted by Crippen LogP contribution is 2.35. The van der Waals surface area contributed by atoms with Crippen LogP contribution < -0.4 is 5.32 Å². The predicted octanol–water partition coefficient (Wildman–Crippen LogP) is 2.17. The zero-order valence-electron chi connectivity index (χ0n) is 11.1. The van der Waals surface area contributed by atoms with E-state index in [9.17, 15) is 4.79 Å². The maximum atomic E-state index is 12.2. The van der Waals surface area contributed by atoms with Crippen LogP contribution in [0.5, 0.6) is 0 Å². The summed E-state index contributed by atoms with van der Waals surface area (Å²) in [5.41, 5.74) is 0. The maximum absolute atomic E-state index is 12.2. The monoisotopic (exact) mass is 238 g/mol. The van der Waals surface area contributed by atoms with Crippen molar-refractivity contribution in [2.75, 3.05) is 20.1 Å². The molecule has 2 aliphatic rings. The molecule has 1 aliphatic carbocycles. The second-order valence-corrected chi connectivity index (χ2v) is 5.55. The van der Waals surface area contributed by atoms with Crippen molar-refractivity contribution in [3.8, 4) is 0 Å². The molecule has 0 spiro atoms. The predicted molar refractivity (Wildman–Crippen MR) is 69.9 cm³/mol. The van der Waals surface area contributed by atoms with Crippen molar-refractivity contribution >= 4 is 5.91 Å². The number of rotatable bonds is 5. The van der Waals surface area contributed by atoms with E-state index in [0.717, 1.165) is 31.8 Å². The molecule has 1 heterocycles. The quantitative estimate of drug-likeness (QED) is 0.745. The molecule has 1 amide bonds. The second kappa shape index (κ2) is 6.39. The Morgan fingerprint density at radius 2 is 2.00 bits per heavy atom. The summed E-state index contributed by atoms with van der Waals surface area (Å²) in [6.45, 7) is 1.97. The molecule has 1 saturated carbocycles. The highest BCUT2D eigenvalue weighted by atomic mass is 16.2. The van der Waals surface area contributed by atoms with Crippen LogP contribution in [0.25, 0.3) is 0 Å². The van der Waals surface area contributed by atoms with E-state index in [1.54, 1.807) is 0 Å². The van der Waals surface area contributed by atoms with Crippen LogP contribution in [0.1, 0.15) is 51.4 Å². The number of nitrogens with one attached hydrogen (secondary N) is 1. The summed E-state index contributed by atoms with van der Waals surface area (Å²) < 4.78 is 0. The third kappa shape index (κ3) is 3.21. The zero-order chi connectivity index (χ0) is 12.1. The van der Waals surface area contributed by atoms with Gasteiger partial charge in [0.2, 0.25) is 5.91 Å². The van der Waals surface area contributed by atoms with Gasteiger partial charge in [-0.2, -0.15) is 0 Å². The van der Waals surface area contributed by atoms with Crippen LogP contribution in [0.4, 0.5) is 0 Å². The number of carbonyl (C=O) groups is 1. The fraction of sp³-hybridized carbons (Fsp3) is 0.929. The summed E-state index contributed by atoms with van der Waals surface area (Å²) in [6, 6.07) is 0.583. The lowest BCUT2D eigenvalue weighted by Gasteiger charge is -2.29. The zero-order valence-corrected chi connectivity index (χ0v) is 11.1. The molecule has 1 unspecified atom stereocenters. The van der Waals surface area contributed by atoms with Crippen molar-refractivity contribution < 1.29 is 4.79 Å². The highest BCUT2D eigenvalue weighted by Gasteiger charge is 2.35. The smallest absolute Gasteiger partial charge is 0.222 e. The molecule has 0 aromatic rings. The minimum absolute atomic E-state index is 0.398. The van der Waals surface area contributed by atoms with Crippen LogP contribution in [-0.4, -0.2) is 37.0 Å². The fourth-order valence-electron chi connectivity index (χ4n) is 3.49. The third-order valence-corrected chi connectivity index (χ3v) is 4.38. The Morgan fingerprint density at radius 3 is 2.71 bits per heavy atom. The van der Waals surface area contributed by atoms with E-state index in [4.69, 9.17) is 0 Å². The van der Waals surface area contributed by atoms with Gasteiger partial charge in [-0.25, -0.2) is 0 Å². The number of likely N-dealkylation sites (tertiary alicyclic amines) is 1. The topological polar surface area (TPSA) is 32.3 Å². The summed E-state index contributed by atoms with van der Waals surface area (Å²) in [6.07, 6.45) is 9.64. The first-order valence-corrected chi connectivity index (χ1v) is 7.27. The lowest BCUT2D eigenvalue weighted by molar-refractivity contribution is -0.133. The molecule has 0 aromatic heterocycles. The number of nitrogens with zero attached hydrogens (tertiary/aromatic N) is 1. The Labute approximate surface area is 105 Å². The van der Waals surface area contributed by atoms with Gasteiger partial charge in [-0.05, 0) is 51.6 Å². The SMILES string of the molecule is CNCCCC(=O)N1CCCC1C1CCCC1. The van der Waals surface area contributed by atoms with Gasteiger partial charge in [0, 0.05) is 19.0 Å². The van der Waals surface area contributed by atoms with E-state index in [1.807, 2.05) is 7.05 Å². The number of hydrogen-bond donors (Lipinski definition) is 1. The first-order valence-electron chi connectivity index (χ1n) is 7.27. The Bertz CT molecular complexity index is 249. The normalized spacial score (nSPS) is 25.7. The first kappa shape index (κ1) is 12.9. The maximum Gasteiger partial charge on any atom is 0.222 e. The van der Waals surface area contributed by atoms with Crippen LogP contribution in [0.3, 0.4) is 0 Å². The average molecular weight is 238 g/mol. The van der Waals surface area contributed by atoms with Crippen molar-refractivity contribution in [1.82, 2.24) is 10.2 Å². The van der Waals surface area contributed by atoms with E-state index in [-0.39, 0.29) is 0 Å². The van der Waals surface area contributed by atoms with Gasteiger partial charge in [-0.1, -0.05) is 12.8 Å². The van der Waals surface area contributed by atoms with Crippen LogP contribution >= 0.6 is 0 Å². The largest absolute Gasteiger partial charge is 0.339 e. The minimum Gasteiger partial charge on any atom is -0.339 e. The Kier molecular flexibility index (Phi) is 4.84. The summed E-state index contributed by atoms with van der Waals surface area (Å²) in [5, 5.41) is 3.11. The molecule has 0 bridgehead atoms. The molecule has 2 rings (SSSR count). The van der Waals surface area contributed by atoms with Gasteiger partial charge in [-0.3, -0.25) is 4.79 Å². The van der Waals surface area contributed by atoms with Crippen LogP contribution in [-0.2, 0) is 4.79 Å². The second-order valence-electron chi connectivity index (χ2n) is 5.55. The lowest BCUT2D eigenvalue weighted by Crippen LogP contribution is -2.39. The number of carbonyl (C=O) groups excluding carboxylic acids is 1. The molecule has 3 nitrogen and oxygen atoms in total. The lowest BCUT2D eigenvalue weighted by atomic mass is 9.96. The van der Waals surface area contributed by atoms with Crippen LogP contribution in [0.2, 0.25) is 0 Å². The van der Waals surface area contributed by atoms with Gasteiger partial charge < -0.3 is 10.2 Å². The van der Waals surface area contributed by atoms with Gasteiger partial charge >= 0.3 is 0 Å². The van der Waals surface area contributed by atoms with Gasteiger partial charge in [0.05, 0.1) is 0 Å². The molecule has 0 aromatic carbocycles. The van der Waals surface area contributed by atoms with Crippen LogP contribution in [0, 0.1) is 5.92 Å². The molecule has 1 atom stereocenters. The molecule has 0 radical (unpaired) electrons. The summed E-state index contributed by atoms with van der Waals surface area (Å²) >= 11 is 0. The number of amides is 1. The standard InChI is InChI=1S/C14H26N2O/c1-15-10-4-9-14(17)16-11-5-8-13(16)12-6-2-3-7-12/h12-13,15H,2-11H2,1H3. The molecule has 1 saturated heterocycles. The summed E-state index contributed by atoms with van der Waals surface area (Å²) in [5.74, 6) is 1.21. The summed E-state index contributed by atoms with van der Waals surface area (Å²) in [4.78, 5) is 14.4. The third-order valence-electron chi connectivity index (χ3n) is 4.38. The van der Waals surface area contributed by atoms with E-state index < -0.39 is 0 Å². The first-order chi connectivity index (χ1) is 8.33. The van der Waals surface area contributed by atoms with Gasteiger partial charge in [-0.15, -0.1) is 0 Å². The molecule has 1 aliphatic heterocycles. The Balaban J connectivity index is 1.83. The molecule has 98 valence electrons. The molecule has 2 fully saturated rings. The fourth-order valence-corrected chi connectivity index (χ4v) is 3.49. The van der Waals surface area contributed by atoms with Crippen LogP contribution in [0.15, 0.2) is 0 Å². The van der Waals surface area contributed by atoms with Crippen molar-refractivity contribution in [2.45, 2.75) is 57.4 Å². The molecule has 3 heteroatoms. The van der Waals surface area contributed by atoms with Crippen molar-refractivity contribution in [3.05, 3.63) is 0 Å². The number of hydrogen-bond acceptors (Lipinski definition) is 2. The average Bonchev–Trinajstić information content (AvgIpc) is 2.99. The van der Waals surface area contributed by atoms with Gasteiger partial charge in [0.25, 0.3) is 0 Å². The highest BCUT2D eigenvalue weighted by molar-refractivity contribution is 5.76.